The van der Waals surface area contributed by atoms with Gasteiger partial charge in [0, 0.05) is 24.1 Å². The first-order valence-electron chi connectivity index (χ1n) is 6.71. The fourth-order valence-corrected chi connectivity index (χ4v) is 2.02. The molecule has 0 bridgehead atoms. The number of nitrogens with zero attached hydrogens (tertiary/aromatic N) is 3. The summed E-state index contributed by atoms with van der Waals surface area (Å²) in [5, 5.41) is 3.02. The second kappa shape index (κ2) is 6.80. The third-order valence-corrected chi connectivity index (χ3v) is 3.27. The van der Waals surface area contributed by atoms with E-state index in [9.17, 15) is 4.91 Å². The fraction of sp³-hybridized carbons (Fsp3) is 0.312. The highest BCUT2D eigenvalue weighted by Crippen LogP contribution is 2.15. The minimum absolute atomic E-state index is 0.169. The summed E-state index contributed by atoms with van der Waals surface area (Å²) in [6.45, 7) is 4.94. The zero-order valence-corrected chi connectivity index (χ0v) is 11.9. The van der Waals surface area contributed by atoms with Gasteiger partial charge in [-0.2, -0.15) is 0 Å². The summed E-state index contributed by atoms with van der Waals surface area (Å²) in [5.74, 6) is 0. The molecule has 0 N–H and O–H groups in total. The minimum Gasteiger partial charge on any atom is -0.349 e. The van der Waals surface area contributed by atoms with Crippen molar-refractivity contribution in [2.24, 2.45) is 5.18 Å². The molecule has 104 valence electrons. The van der Waals surface area contributed by atoms with Crippen LogP contribution in [0.15, 0.2) is 47.8 Å². The number of aromatic nitrogens is 1. The van der Waals surface area contributed by atoms with Crippen LogP contribution >= 0.6 is 0 Å². The molecule has 1 heterocycles. The van der Waals surface area contributed by atoms with Gasteiger partial charge in [-0.1, -0.05) is 23.8 Å². The van der Waals surface area contributed by atoms with Crippen molar-refractivity contribution in [3.63, 3.8) is 0 Å². The van der Waals surface area contributed by atoms with Crippen LogP contribution in [0.5, 0.6) is 0 Å². The molecule has 0 fully saturated rings. The maximum atomic E-state index is 10.6. The highest BCUT2D eigenvalue weighted by Gasteiger charge is 2.06. The summed E-state index contributed by atoms with van der Waals surface area (Å²) in [6.07, 6.45) is 2.73. The van der Waals surface area contributed by atoms with Gasteiger partial charge in [0.15, 0.2) is 6.67 Å². The highest BCUT2D eigenvalue weighted by molar-refractivity contribution is 5.47. The largest absolute Gasteiger partial charge is 0.349 e. The Bertz CT molecular complexity index is 549. The molecule has 0 unspecified atom stereocenters. The maximum Gasteiger partial charge on any atom is 0.152 e. The summed E-state index contributed by atoms with van der Waals surface area (Å²) < 4.78 is 0. The topological polar surface area (TPSA) is 45.6 Å². The van der Waals surface area contributed by atoms with Gasteiger partial charge in [0.1, 0.15) is 0 Å². The van der Waals surface area contributed by atoms with E-state index in [1.54, 1.807) is 0 Å². The number of aryl methyl sites for hydroxylation is 2. The van der Waals surface area contributed by atoms with E-state index in [1.165, 1.54) is 11.1 Å². The van der Waals surface area contributed by atoms with Gasteiger partial charge >= 0.3 is 0 Å². The van der Waals surface area contributed by atoms with E-state index in [0.717, 1.165) is 24.3 Å². The number of hydrogen-bond donors (Lipinski definition) is 0. The molecule has 4 nitrogen and oxygen atoms in total. The lowest BCUT2D eigenvalue weighted by Gasteiger charge is -2.21. The van der Waals surface area contributed by atoms with Crippen LogP contribution in [0.3, 0.4) is 0 Å². The number of nitroso groups, excluding NO2 is 1. The lowest BCUT2D eigenvalue weighted by atomic mass is 10.1. The van der Waals surface area contributed by atoms with E-state index in [-0.39, 0.29) is 6.67 Å². The van der Waals surface area contributed by atoms with Gasteiger partial charge in [-0.05, 0) is 49.2 Å². The molecule has 0 aliphatic carbocycles. The van der Waals surface area contributed by atoms with E-state index >= 15 is 0 Å². The van der Waals surface area contributed by atoms with Gasteiger partial charge < -0.3 is 4.90 Å². The van der Waals surface area contributed by atoms with Crippen molar-refractivity contribution in [3.05, 3.63) is 64.3 Å². The van der Waals surface area contributed by atoms with Crippen molar-refractivity contribution in [2.75, 3.05) is 18.1 Å². The second-order valence-electron chi connectivity index (χ2n) is 4.93. The Labute approximate surface area is 119 Å². The summed E-state index contributed by atoms with van der Waals surface area (Å²) in [7, 11) is 0. The number of pyridine rings is 1. The van der Waals surface area contributed by atoms with Crippen LogP contribution in [0.25, 0.3) is 0 Å². The summed E-state index contributed by atoms with van der Waals surface area (Å²) in [5.41, 5.74) is 4.41. The van der Waals surface area contributed by atoms with Crippen LogP contribution in [0.2, 0.25) is 0 Å². The first kappa shape index (κ1) is 14.2. The third-order valence-electron chi connectivity index (χ3n) is 3.27. The molecule has 0 saturated carbocycles. The molecule has 20 heavy (non-hydrogen) atoms. The van der Waals surface area contributed by atoms with Crippen molar-refractivity contribution in [1.29, 1.82) is 0 Å². The molecule has 0 amide bonds. The lowest BCUT2D eigenvalue weighted by molar-refractivity contribution is 0.788. The zero-order valence-electron chi connectivity index (χ0n) is 11.9. The van der Waals surface area contributed by atoms with Gasteiger partial charge in [0.25, 0.3) is 0 Å². The van der Waals surface area contributed by atoms with Crippen molar-refractivity contribution in [1.82, 2.24) is 4.98 Å². The minimum atomic E-state index is 0.169. The molecule has 4 heteroatoms. The SMILES string of the molecule is Cc1ccc(N(CCc2ccc(C)nc2)CN=O)cc1. The molecular weight excluding hydrogens is 250 g/mol. The van der Waals surface area contributed by atoms with Crippen LogP contribution in [0.4, 0.5) is 5.69 Å². The van der Waals surface area contributed by atoms with Crippen LogP contribution in [-0.4, -0.2) is 18.2 Å². The summed E-state index contributed by atoms with van der Waals surface area (Å²) in [6, 6.07) is 12.2. The number of anilines is 1. The van der Waals surface area contributed by atoms with Gasteiger partial charge in [-0.25, -0.2) is 0 Å². The van der Waals surface area contributed by atoms with Gasteiger partial charge in [0.05, 0.1) is 0 Å². The molecule has 2 rings (SSSR count). The normalized spacial score (nSPS) is 10.3. The van der Waals surface area contributed by atoms with Crippen LogP contribution in [0, 0.1) is 18.8 Å². The summed E-state index contributed by atoms with van der Waals surface area (Å²) in [4.78, 5) is 16.9. The molecule has 0 saturated heterocycles. The maximum absolute atomic E-state index is 10.6. The Hall–Kier alpha value is -2.23. The Morgan fingerprint density at radius 3 is 2.45 bits per heavy atom. The first-order chi connectivity index (χ1) is 9.69. The van der Waals surface area contributed by atoms with Crippen LogP contribution < -0.4 is 4.90 Å². The average Bonchev–Trinajstić information content (AvgIpc) is 2.46. The van der Waals surface area contributed by atoms with E-state index in [0.29, 0.717) is 0 Å². The Morgan fingerprint density at radius 2 is 1.85 bits per heavy atom. The van der Waals surface area contributed by atoms with Crippen molar-refractivity contribution in [3.8, 4) is 0 Å². The molecule has 2 aromatic rings. The molecule has 0 aliphatic rings. The number of benzene rings is 1. The Kier molecular flexibility index (Phi) is 4.82. The molecule has 1 aromatic heterocycles. The van der Waals surface area contributed by atoms with E-state index < -0.39 is 0 Å². The third kappa shape index (κ3) is 3.88. The molecule has 0 aliphatic heterocycles. The van der Waals surface area contributed by atoms with E-state index in [4.69, 9.17) is 0 Å². The fourth-order valence-electron chi connectivity index (χ4n) is 2.02. The second-order valence-corrected chi connectivity index (χ2v) is 4.93. The monoisotopic (exact) mass is 269 g/mol. The predicted octanol–water partition coefficient (Wildman–Crippen LogP) is 3.47. The standard InChI is InChI=1S/C16H19N3O/c1-13-3-7-16(8-4-13)19(12-18-20)10-9-15-6-5-14(2)17-11-15/h3-8,11H,9-10,12H2,1-2H3. The quantitative estimate of drug-likeness (QED) is 0.754. The highest BCUT2D eigenvalue weighted by atomic mass is 16.3. The Morgan fingerprint density at radius 1 is 1.10 bits per heavy atom. The van der Waals surface area contributed by atoms with Crippen molar-refractivity contribution < 1.29 is 0 Å². The van der Waals surface area contributed by atoms with Gasteiger partial charge in [0.2, 0.25) is 0 Å². The van der Waals surface area contributed by atoms with Crippen molar-refractivity contribution >= 4 is 5.69 Å². The van der Waals surface area contributed by atoms with Crippen LogP contribution in [-0.2, 0) is 6.42 Å². The van der Waals surface area contributed by atoms with E-state index in [1.807, 2.05) is 55.3 Å². The van der Waals surface area contributed by atoms with E-state index in [2.05, 4.69) is 16.2 Å². The predicted molar refractivity (Wildman–Crippen MR) is 81.9 cm³/mol. The molecular formula is C16H19N3O. The van der Waals surface area contributed by atoms with Gasteiger partial charge in [-0.3, -0.25) is 4.98 Å². The Balaban J connectivity index is 2.03. The van der Waals surface area contributed by atoms with Crippen molar-refractivity contribution in [2.45, 2.75) is 20.3 Å². The smallest absolute Gasteiger partial charge is 0.152 e. The lowest BCUT2D eigenvalue weighted by Crippen LogP contribution is -2.25. The molecule has 0 radical (unpaired) electrons. The number of rotatable bonds is 6. The van der Waals surface area contributed by atoms with Gasteiger partial charge in [-0.15, -0.1) is 4.91 Å². The first-order valence-corrected chi connectivity index (χ1v) is 6.71. The summed E-state index contributed by atoms with van der Waals surface area (Å²) >= 11 is 0. The molecule has 1 aromatic carbocycles. The zero-order chi connectivity index (χ0) is 14.4. The molecule has 0 atom stereocenters. The van der Waals surface area contributed by atoms with Crippen LogP contribution in [0.1, 0.15) is 16.8 Å². The number of hydrogen-bond acceptors (Lipinski definition) is 4. The average molecular weight is 269 g/mol. The molecule has 0 spiro atoms.